The van der Waals surface area contributed by atoms with Crippen LogP contribution in [0.3, 0.4) is 0 Å². The highest BCUT2D eigenvalue weighted by Crippen LogP contribution is 2.32. The first-order chi connectivity index (χ1) is 12.7. The van der Waals surface area contributed by atoms with Crippen LogP contribution in [0.4, 0.5) is 5.69 Å². The number of para-hydroxylation sites is 1. The molecule has 26 heavy (non-hydrogen) atoms. The zero-order valence-corrected chi connectivity index (χ0v) is 14.4. The van der Waals surface area contributed by atoms with Gasteiger partial charge in [-0.3, -0.25) is 9.59 Å². The molecule has 0 saturated carbocycles. The summed E-state index contributed by atoms with van der Waals surface area (Å²) in [6.07, 6.45) is 0.148. The molecule has 3 rings (SSSR count). The van der Waals surface area contributed by atoms with E-state index in [9.17, 15) is 9.59 Å². The molecular weight excluding hydrogens is 336 g/mol. The van der Waals surface area contributed by atoms with Gasteiger partial charge in [-0.1, -0.05) is 12.1 Å². The average molecular weight is 356 g/mol. The van der Waals surface area contributed by atoms with Gasteiger partial charge in [0.15, 0.2) is 11.5 Å². The Hall–Kier alpha value is -3.22. The summed E-state index contributed by atoms with van der Waals surface area (Å²) >= 11 is 0. The molecule has 1 aliphatic heterocycles. The van der Waals surface area contributed by atoms with E-state index in [0.717, 1.165) is 0 Å². The first kappa shape index (κ1) is 17.6. The van der Waals surface area contributed by atoms with Crippen LogP contribution in [0.5, 0.6) is 17.2 Å². The van der Waals surface area contributed by atoms with Gasteiger partial charge in [-0.05, 0) is 24.3 Å². The van der Waals surface area contributed by atoms with Gasteiger partial charge in [0, 0.05) is 24.7 Å². The van der Waals surface area contributed by atoms with Crippen LogP contribution in [0.2, 0.25) is 0 Å². The highest BCUT2D eigenvalue weighted by molar-refractivity contribution is 5.97. The van der Waals surface area contributed by atoms with E-state index in [1.807, 2.05) is 0 Å². The SMILES string of the molecule is COc1ccccc1C(=O)NCCC(=O)Nc1ccc2c(c1)OCCO2. The Morgan fingerprint density at radius 3 is 2.65 bits per heavy atom. The highest BCUT2D eigenvalue weighted by Gasteiger charge is 2.14. The maximum Gasteiger partial charge on any atom is 0.255 e. The number of benzene rings is 2. The standard InChI is InChI=1S/C19H20N2O5/c1-24-15-5-3-2-4-14(15)19(23)20-9-8-18(22)21-13-6-7-16-17(12-13)26-11-10-25-16/h2-7,12H,8-11H2,1H3,(H,20,23)(H,21,22). The van der Waals surface area contributed by atoms with Crippen LogP contribution in [0.1, 0.15) is 16.8 Å². The van der Waals surface area contributed by atoms with Crippen LogP contribution in [-0.2, 0) is 4.79 Å². The molecule has 2 aromatic rings. The molecule has 0 saturated heterocycles. The minimum Gasteiger partial charge on any atom is -0.496 e. The number of rotatable bonds is 6. The van der Waals surface area contributed by atoms with Crippen molar-refractivity contribution in [2.45, 2.75) is 6.42 Å². The number of hydrogen-bond donors (Lipinski definition) is 2. The molecule has 0 aromatic heterocycles. The monoisotopic (exact) mass is 356 g/mol. The van der Waals surface area contributed by atoms with Crippen LogP contribution in [0.15, 0.2) is 42.5 Å². The third kappa shape index (κ3) is 4.24. The molecule has 2 aromatic carbocycles. The molecule has 0 unspecified atom stereocenters. The molecule has 2 amide bonds. The van der Waals surface area contributed by atoms with Crippen molar-refractivity contribution in [2.75, 3.05) is 32.2 Å². The molecule has 1 aliphatic rings. The average Bonchev–Trinajstić information content (AvgIpc) is 2.67. The third-order valence-corrected chi connectivity index (χ3v) is 3.82. The van der Waals surface area contributed by atoms with Crippen LogP contribution >= 0.6 is 0 Å². The quantitative estimate of drug-likeness (QED) is 0.829. The Morgan fingerprint density at radius 1 is 1.08 bits per heavy atom. The topological polar surface area (TPSA) is 85.9 Å². The Balaban J connectivity index is 1.49. The summed E-state index contributed by atoms with van der Waals surface area (Å²) in [7, 11) is 1.51. The lowest BCUT2D eigenvalue weighted by Gasteiger charge is -2.19. The van der Waals surface area contributed by atoms with E-state index in [1.54, 1.807) is 42.5 Å². The van der Waals surface area contributed by atoms with Gasteiger partial charge >= 0.3 is 0 Å². The van der Waals surface area contributed by atoms with Crippen molar-refractivity contribution < 1.29 is 23.8 Å². The zero-order chi connectivity index (χ0) is 18.4. The lowest BCUT2D eigenvalue weighted by Crippen LogP contribution is -2.28. The summed E-state index contributed by atoms with van der Waals surface area (Å²) in [5.74, 6) is 1.28. The van der Waals surface area contributed by atoms with Gasteiger partial charge in [0.25, 0.3) is 5.91 Å². The Bertz CT molecular complexity index is 806. The number of amides is 2. The second-order valence-electron chi connectivity index (χ2n) is 5.61. The second kappa shape index (κ2) is 8.24. The molecule has 0 fully saturated rings. The summed E-state index contributed by atoms with van der Waals surface area (Å²) in [6.45, 7) is 1.22. The molecule has 0 aliphatic carbocycles. The number of methoxy groups -OCH3 is 1. The van der Waals surface area contributed by atoms with Crippen molar-refractivity contribution in [3.8, 4) is 17.2 Å². The molecule has 0 atom stereocenters. The molecule has 0 spiro atoms. The van der Waals surface area contributed by atoms with Crippen LogP contribution in [0, 0.1) is 0 Å². The summed E-state index contributed by atoms with van der Waals surface area (Å²) < 4.78 is 16.1. The molecule has 0 bridgehead atoms. The van der Waals surface area contributed by atoms with Crippen LogP contribution < -0.4 is 24.8 Å². The van der Waals surface area contributed by atoms with Gasteiger partial charge in [0.1, 0.15) is 19.0 Å². The van der Waals surface area contributed by atoms with Gasteiger partial charge in [-0.2, -0.15) is 0 Å². The lowest BCUT2D eigenvalue weighted by atomic mass is 10.2. The number of fused-ring (bicyclic) bond motifs is 1. The van der Waals surface area contributed by atoms with E-state index in [4.69, 9.17) is 14.2 Å². The summed E-state index contributed by atoms with van der Waals surface area (Å²) in [4.78, 5) is 24.2. The summed E-state index contributed by atoms with van der Waals surface area (Å²) in [5, 5.41) is 5.49. The summed E-state index contributed by atoms with van der Waals surface area (Å²) in [5.41, 5.74) is 1.05. The zero-order valence-electron chi connectivity index (χ0n) is 14.4. The van der Waals surface area contributed by atoms with Crippen molar-refractivity contribution in [1.29, 1.82) is 0 Å². The van der Waals surface area contributed by atoms with E-state index in [-0.39, 0.29) is 24.8 Å². The van der Waals surface area contributed by atoms with Crippen molar-refractivity contribution in [1.82, 2.24) is 5.32 Å². The highest BCUT2D eigenvalue weighted by atomic mass is 16.6. The van der Waals surface area contributed by atoms with Crippen molar-refractivity contribution in [3.05, 3.63) is 48.0 Å². The summed E-state index contributed by atoms with van der Waals surface area (Å²) in [6, 6.07) is 12.2. The smallest absolute Gasteiger partial charge is 0.255 e. The molecule has 1 heterocycles. The number of carbonyl (C=O) groups is 2. The normalized spacial score (nSPS) is 12.2. The maximum absolute atomic E-state index is 12.2. The first-order valence-electron chi connectivity index (χ1n) is 8.28. The van der Waals surface area contributed by atoms with Gasteiger partial charge in [0.2, 0.25) is 5.91 Å². The molecule has 7 heteroatoms. The number of nitrogens with one attached hydrogen (secondary N) is 2. The fourth-order valence-corrected chi connectivity index (χ4v) is 2.56. The largest absolute Gasteiger partial charge is 0.496 e. The molecule has 0 radical (unpaired) electrons. The van der Waals surface area contributed by atoms with Gasteiger partial charge < -0.3 is 24.8 Å². The maximum atomic E-state index is 12.2. The van der Waals surface area contributed by atoms with E-state index >= 15 is 0 Å². The Kier molecular flexibility index (Phi) is 5.58. The fraction of sp³-hybridized carbons (Fsp3) is 0.263. The third-order valence-electron chi connectivity index (χ3n) is 3.82. The van der Waals surface area contributed by atoms with Gasteiger partial charge in [0.05, 0.1) is 12.7 Å². The van der Waals surface area contributed by atoms with E-state index in [1.165, 1.54) is 7.11 Å². The van der Waals surface area contributed by atoms with Crippen molar-refractivity contribution >= 4 is 17.5 Å². The van der Waals surface area contributed by atoms with E-state index in [2.05, 4.69) is 10.6 Å². The van der Waals surface area contributed by atoms with E-state index in [0.29, 0.717) is 41.7 Å². The number of carbonyl (C=O) groups excluding carboxylic acids is 2. The molecule has 2 N–H and O–H groups in total. The Labute approximate surface area is 151 Å². The number of ether oxygens (including phenoxy) is 3. The minimum atomic E-state index is -0.283. The van der Waals surface area contributed by atoms with Crippen molar-refractivity contribution in [3.63, 3.8) is 0 Å². The molecule has 136 valence electrons. The molecular formula is C19H20N2O5. The van der Waals surface area contributed by atoms with Crippen LogP contribution in [0.25, 0.3) is 0 Å². The number of hydrogen-bond acceptors (Lipinski definition) is 5. The van der Waals surface area contributed by atoms with Gasteiger partial charge in [-0.15, -0.1) is 0 Å². The second-order valence-corrected chi connectivity index (χ2v) is 5.61. The minimum absolute atomic E-state index is 0.148. The lowest BCUT2D eigenvalue weighted by molar-refractivity contribution is -0.116. The Morgan fingerprint density at radius 2 is 1.85 bits per heavy atom. The molecule has 7 nitrogen and oxygen atoms in total. The van der Waals surface area contributed by atoms with Crippen LogP contribution in [-0.4, -0.2) is 38.7 Å². The fourth-order valence-electron chi connectivity index (χ4n) is 2.56. The predicted octanol–water partition coefficient (Wildman–Crippen LogP) is 2.22. The number of anilines is 1. The first-order valence-corrected chi connectivity index (χ1v) is 8.28. The van der Waals surface area contributed by atoms with E-state index < -0.39 is 0 Å². The predicted molar refractivity (Wildman–Crippen MR) is 96.0 cm³/mol. The van der Waals surface area contributed by atoms with Gasteiger partial charge in [-0.25, -0.2) is 0 Å². The van der Waals surface area contributed by atoms with Crippen molar-refractivity contribution in [2.24, 2.45) is 0 Å².